The summed E-state index contributed by atoms with van der Waals surface area (Å²) in [5, 5.41) is 2.71. The number of rotatable bonds is 6. The molecule has 0 bridgehead atoms. The summed E-state index contributed by atoms with van der Waals surface area (Å²) in [6, 6.07) is 10.1. The lowest BCUT2D eigenvalue weighted by Crippen LogP contribution is -2.45. The van der Waals surface area contributed by atoms with Gasteiger partial charge in [-0.15, -0.1) is 11.3 Å². The van der Waals surface area contributed by atoms with E-state index in [1.165, 1.54) is 23.1 Å². The summed E-state index contributed by atoms with van der Waals surface area (Å²) >= 11 is 2.75. The molecule has 0 fully saturated rings. The first-order valence-electron chi connectivity index (χ1n) is 9.35. The Labute approximate surface area is 173 Å². The van der Waals surface area contributed by atoms with Crippen molar-refractivity contribution < 1.29 is 4.79 Å². The molecule has 3 aromatic rings. The number of amides is 1. The number of nitrogens with zero attached hydrogens (tertiary/aromatic N) is 2. The third-order valence-corrected chi connectivity index (χ3v) is 6.35. The van der Waals surface area contributed by atoms with Gasteiger partial charge in [0.1, 0.15) is 4.83 Å². The number of carbonyl (C=O) groups excluding carboxylic acids is 1. The Morgan fingerprint density at radius 3 is 2.36 bits per heavy atom. The van der Waals surface area contributed by atoms with Gasteiger partial charge in [0, 0.05) is 23.0 Å². The molecule has 2 aromatic heterocycles. The minimum absolute atomic E-state index is 0.0499. The van der Waals surface area contributed by atoms with Crippen LogP contribution in [0.3, 0.4) is 0 Å². The van der Waals surface area contributed by atoms with E-state index in [0.29, 0.717) is 15.4 Å². The maximum Gasteiger partial charge on any atom is 0.260 e. The van der Waals surface area contributed by atoms with Crippen molar-refractivity contribution in [1.82, 2.24) is 14.9 Å². The number of hydrogen-bond acceptors (Lipinski definition) is 5. The lowest BCUT2D eigenvalue weighted by atomic mass is 10.1. The van der Waals surface area contributed by atoms with Gasteiger partial charge in [-0.25, -0.2) is 4.98 Å². The zero-order valence-corrected chi connectivity index (χ0v) is 18.4. The molecule has 0 spiro atoms. The monoisotopic (exact) mass is 415 g/mol. The molecule has 2 heterocycles. The number of aromatic nitrogens is 2. The number of hydrogen-bond donors (Lipinski definition) is 1. The van der Waals surface area contributed by atoms with Gasteiger partial charge in [-0.3, -0.25) is 9.59 Å². The van der Waals surface area contributed by atoms with Crippen molar-refractivity contribution >= 4 is 39.2 Å². The second-order valence-electron chi connectivity index (χ2n) is 7.26. The molecular weight excluding hydrogens is 390 g/mol. The van der Waals surface area contributed by atoms with Crippen LogP contribution in [0.15, 0.2) is 45.7 Å². The molecule has 7 heteroatoms. The van der Waals surface area contributed by atoms with E-state index in [2.05, 4.69) is 9.97 Å². The van der Waals surface area contributed by atoms with Gasteiger partial charge in [0.25, 0.3) is 5.56 Å². The van der Waals surface area contributed by atoms with Crippen molar-refractivity contribution in [2.24, 2.45) is 0 Å². The van der Waals surface area contributed by atoms with E-state index in [0.717, 1.165) is 11.1 Å². The van der Waals surface area contributed by atoms with Crippen molar-refractivity contribution in [2.45, 2.75) is 57.1 Å². The van der Waals surface area contributed by atoms with Crippen molar-refractivity contribution in [3.8, 4) is 11.1 Å². The van der Waals surface area contributed by atoms with Gasteiger partial charge in [-0.1, -0.05) is 42.1 Å². The van der Waals surface area contributed by atoms with Crippen molar-refractivity contribution in [3.63, 3.8) is 0 Å². The summed E-state index contributed by atoms with van der Waals surface area (Å²) in [6.45, 7) is 9.91. The zero-order chi connectivity index (χ0) is 20.4. The smallest absolute Gasteiger partial charge is 0.260 e. The van der Waals surface area contributed by atoms with Crippen LogP contribution in [-0.4, -0.2) is 38.1 Å². The second-order valence-corrected chi connectivity index (χ2v) is 9.45. The summed E-state index contributed by atoms with van der Waals surface area (Å²) in [4.78, 5) is 35.6. The Kier molecular flexibility index (Phi) is 6.25. The van der Waals surface area contributed by atoms with Crippen LogP contribution in [0.4, 0.5) is 0 Å². The molecule has 1 atom stereocenters. The van der Waals surface area contributed by atoms with E-state index < -0.39 is 0 Å². The lowest BCUT2D eigenvalue weighted by Gasteiger charge is -2.32. The highest BCUT2D eigenvalue weighted by molar-refractivity contribution is 8.00. The maximum atomic E-state index is 12.9. The molecule has 0 saturated carbocycles. The molecule has 0 aliphatic heterocycles. The van der Waals surface area contributed by atoms with E-state index in [1.807, 2.05) is 75.2 Å². The van der Waals surface area contributed by atoms with Crippen LogP contribution in [0.2, 0.25) is 0 Å². The molecule has 1 amide bonds. The highest BCUT2D eigenvalue weighted by atomic mass is 32.2. The molecule has 5 nitrogen and oxygen atoms in total. The Bertz CT molecular complexity index is 1020. The van der Waals surface area contributed by atoms with Gasteiger partial charge in [0.05, 0.1) is 10.6 Å². The molecule has 3 rings (SSSR count). The van der Waals surface area contributed by atoms with E-state index in [-0.39, 0.29) is 28.8 Å². The average Bonchev–Trinajstić information content (AvgIpc) is 3.06. The molecule has 1 aromatic carbocycles. The molecule has 0 saturated heterocycles. The first kappa shape index (κ1) is 20.6. The van der Waals surface area contributed by atoms with Crippen molar-refractivity contribution in [3.05, 3.63) is 46.1 Å². The van der Waals surface area contributed by atoms with Crippen LogP contribution in [0, 0.1) is 0 Å². The average molecular weight is 416 g/mol. The van der Waals surface area contributed by atoms with Gasteiger partial charge < -0.3 is 9.88 Å². The Balaban J connectivity index is 1.89. The summed E-state index contributed by atoms with van der Waals surface area (Å²) in [5.74, 6) is 0.0499. The van der Waals surface area contributed by atoms with Crippen LogP contribution in [0.5, 0.6) is 0 Å². The molecule has 28 heavy (non-hydrogen) atoms. The predicted molar refractivity (Wildman–Crippen MR) is 118 cm³/mol. The lowest BCUT2D eigenvalue weighted by molar-refractivity contribution is -0.133. The van der Waals surface area contributed by atoms with E-state index in [4.69, 9.17) is 0 Å². The fourth-order valence-electron chi connectivity index (χ4n) is 3.35. The summed E-state index contributed by atoms with van der Waals surface area (Å²) in [7, 11) is 0. The quantitative estimate of drug-likeness (QED) is 0.465. The number of thiophene rings is 1. The highest BCUT2D eigenvalue weighted by Gasteiger charge is 2.26. The third kappa shape index (κ3) is 4.15. The summed E-state index contributed by atoms with van der Waals surface area (Å²) in [6.07, 6.45) is 0. The fraction of sp³-hybridized carbons (Fsp3) is 0.381. The SMILES string of the molecule is CC(C)N(C(=O)[C@@H](C)Sc1nc2scc(-c3ccccc3)c2c(=O)[nH]1)C(C)C. The fourth-order valence-corrected chi connectivity index (χ4v) is 5.21. The Morgan fingerprint density at radius 2 is 1.75 bits per heavy atom. The van der Waals surface area contributed by atoms with Gasteiger partial charge in [-0.2, -0.15) is 0 Å². The van der Waals surface area contributed by atoms with Crippen molar-refractivity contribution in [1.29, 1.82) is 0 Å². The van der Waals surface area contributed by atoms with Crippen LogP contribution in [0.1, 0.15) is 34.6 Å². The molecule has 1 N–H and O–H groups in total. The summed E-state index contributed by atoms with van der Waals surface area (Å²) in [5.41, 5.74) is 1.71. The number of benzene rings is 1. The molecular formula is C21H25N3O2S2. The number of nitrogens with one attached hydrogen (secondary N) is 1. The largest absolute Gasteiger partial charge is 0.337 e. The Hall–Kier alpha value is -2.12. The van der Waals surface area contributed by atoms with Crippen molar-refractivity contribution in [2.75, 3.05) is 0 Å². The van der Waals surface area contributed by atoms with Gasteiger partial charge >= 0.3 is 0 Å². The van der Waals surface area contributed by atoms with Crippen LogP contribution in [0.25, 0.3) is 21.3 Å². The van der Waals surface area contributed by atoms with E-state index >= 15 is 0 Å². The van der Waals surface area contributed by atoms with Gasteiger partial charge in [0.15, 0.2) is 5.16 Å². The predicted octanol–water partition coefficient (Wildman–Crippen LogP) is 4.78. The van der Waals surface area contributed by atoms with E-state index in [9.17, 15) is 9.59 Å². The summed E-state index contributed by atoms with van der Waals surface area (Å²) < 4.78 is 0. The third-order valence-electron chi connectivity index (χ3n) is 4.51. The van der Waals surface area contributed by atoms with Gasteiger partial charge in [-0.05, 0) is 40.2 Å². The first-order valence-corrected chi connectivity index (χ1v) is 11.1. The minimum Gasteiger partial charge on any atom is -0.337 e. The van der Waals surface area contributed by atoms with Gasteiger partial charge in [0.2, 0.25) is 5.91 Å². The number of carbonyl (C=O) groups is 1. The van der Waals surface area contributed by atoms with Crippen LogP contribution < -0.4 is 5.56 Å². The van der Waals surface area contributed by atoms with Crippen LogP contribution in [-0.2, 0) is 4.79 Å². The topological polar surface area (TPSA) is 66.1 Å². The maximum absolute atomic E-state index is 12.9. The molecule has 0 aliphatic rings. The molecule has 0 unspecified atom stereocenters. The second kappa shape index (κ2) is 8.49. The van der Waals surface area contributed by atoms with E-state index in [1.54, 1.807) is 0 Å². The molecule has 0 radical (unpaired) electrons. The molecule has 148 valence electrons. The normalized spacial score (nSPS) is 12.7. The zero-order valence-electron chi connectivity index (χ0n) is 16.7. The van der Waals surface area contributed by atoms with Crippen LogP contribution >= 0.6 is 23.1 Å². The minimum atomic E-state index is -0.334. The standard InChI is InChI=1S/C21H25N3O2S2/c1-12(2)24(13(3)4)20(26)14(5)28-21-22-18(25)17-16(11-27-19(17)23-21)15-9-7-6-8-10-15/h6-14H,1-5H3,(H,22,23,25)/t14-/m1/s1. The Morgan fingerprint density at radius 1 is 1.11 bits per heavy atom. The molecule has 0 aliphatic carbocycles. The highest BCUT2D eigenvalue weighted by Crippen LogP contribution is 2.32. The number of H-pyrrole nitrogens is 1. The first-order chi connectivity index (χ1) is 13.3. The number of thioether (sulfide) groups is 1. The number of fused-ring (bicyclic) bond motifs is 1. The number of aromatic amines is 1.